The van der Waals surface area contributed by atoms with Crippen molar-refractivity contribution in [3.8, 4) is 11.5 Å². The second kappa shape index (κ2) is 16.5. The first-order chi connectivity index (χ1) is 18.7. The molecule has 2 atom stereocenters. The topological polar surface area (TPSA) is 156 Å². The van der Waals surface area contributed by atoms with Crippen molar-refractivity contribution in [3.05, 3.63) is 23.8 Å². The molecule has 0 aromatic heterocycles. The second-order valence-corrected chi connectivity index (χ2v) is 10.2. The molecule has 0 aliphatic rings. The molecule has 1 aromatic carbocycles. The smallest absolute Gasteiger partial charge is 0.477 e. The number of aliphatic carboxylic acids is 1. The summed E-state index contributed by atoms with van der Waals surface area (Å²) in [6.07, 6.45) is -0.242. The highest BCUT2D eigenvalue weighted by Crippen LogP contribution is 2.32. The van der Waals surface area contributed by atoms with E-state index >= 15 is 0 Å². The van der Waals surface area contributed by atoms with Crippen LogP contribution in [0, 0.1) is 0 Å². The van der Waals surface area contributed by atoms with Gasteiger partial charge in [-0.25, -0.2) is 19.2 Å². The number of unbranched alkanes of at least 4 members (excludes halogenated alkanes) is 2. The Kier molecular flexibility index (Phi) is 14.3. The molecular weight excluding hydrogens is 526 g/mol. The molecule has 0 bridgehead atoms. The van der Waals surface area contributed by atoms with Gasteiger partial charge in [0.2, 0.25) is 0 Å². The fourth-order valence-electron chi connectivity index (χ4n) is 3.16. The van der Waals surface area contributed by atoms with E-state index in [4.69, 9.17) is 28.4 Å². The molecule has 1 aromatic rings. The molecule has 40 heavy (non-hydrogen) atoms. The quantitative estimate of drug-likeness (QED) is 0.0838. The van der Waals surface area contributed by atoms with Crippen LogP contribution < -0.4 is 14.8 Å². The largest absolute Gasteiger partial charge is 0.513 e. The van der Waals surface area contributed by atoms with Crippen LogP contribution >= 0.6 is 0 Å². The molecule has 0 radical (unpaired) electrons. The molecule has 0 saturated heterocycles. The van der Waals surface area contributed by atoms with Gasteiger partial charge in [-0.15, -0.1) is 0 Å². The van der Waals surface area contributed by atoms with Crippen LogP contribution in [0.15, 0.2) is 18.2 Å². The van der Waals surface area contributed by atoms with E-state index in [2.05, 4.69) is 5.32 Å². The summed E-state index contributed by atoms with van der Waals surface area (Å²) in [5.74, 6) is -1.84. The Bertz CT molecular complexity index is 989. The van der Waals surface area contributed by atoms with Gasteiger partial charge < -0.3 is 33.5 Å². The van der Waals surface area contributed by atoms with Crippen molar-refractivity contribution >= 4 is 24.4 Å². The minimum Gasteiger partial charge on any atom is -0.477 e. The minimum absolute atomic E-state index is 0.120. The van der Waals surface area contributed by atoms with E-state index in [0.717, 1.165) is 12.8 Å². The average Bonchev–Trinajstić information content (AvgIpc) is 2.84. The lowest BCUT2D eigenvalue weighted by Gasteiger charge is -2.33. The van der Waals surface area contributed by atoms with Crippen LogP contribution in [0.2, 0.25) is 0 Å². The van der Waals surface area contributed by atoms with Gasteiger partial charge in [-0.2, -0.15) is 0 Å². The molecule has 0 spiro atoms. The van der Waals surface area contributed by atoms with Crippen LogP contribution in [-0.2, 0) is 30.2 Å². The molecule has 0 aliphatic heterocycles. The van der Waals surface area contributed by atoms with E-state index in [1.165, 1.54) is 18.2 Å². The number of nitrogens with one attached hydrogen (secondary N) is 1. The third-order valence-corrected chi connectivity index (χ3v) is 5.37. The van der Waals surface area contributed by atoms with Crippen LogP contribution in [0.1, 0.15) is 86.1 Å². The highest BCUT2D eigenvalue weighted by atomic mass is 16.8. The Morgan fingerprint density at radius 1 is 0.850 bits per heavy atom. The summed E-state index contributed by atoms with van der Waals surface area (Å²) >= 11 is 0. The third kappa shape index (κ3) is 12.5. The number of hydrogen-bond acceptors (Lipinski definition) is 11. The van der Waals surface area contributed by atoms with Crippen molar-refractivity contribution in [3.63, 3.8) is 0 Å². The molecule has 1 rings (SSSR count). The summed E-state index contributed by atoms with van der Waals surface area (Å²) in [6, 6.07) is 3.68. The predicted molar refractivity (Wildman–Crippen MR) is 144 cm³/mol. The Balaban J connectivity index is 3.40. The maximum Gasteiger partial charge on any atom is 0.513 e. The monoisotopic (exact) mass is 569 g/mol. The Labute approximate surface area is 235 Å². The van der Waals surface area contributed by atoms with Gasteiger partial charge in [0.15, 0.2) is 11.5 Å². The lowest BCUT2D eigenvalue weighted by atomic mass is 10.00. The van der Waals surface area contributed by atoms with Crippen LogP contribution in [-0.4, -0.2) is 60.1 Å². The Morgan fingerprint density at radius 3 is 1.88 bits per heavy atom. The van der Waals surface area contributed by atoms with E-state index in [9.17, 15) is 24.3 Å². The Morgan fingerprint density at radius 2 is 1.40 bits per heavy atom. The van der Waals surface area contributed by atoms with Crippen LogP contribution in [0.4, 0.5) is 14.4 Å². The van der Waals surface area contributed by atoms with Crippen molar-refractivity contribution in [2.45, 2.75) is 104 Å². The second-order valence-electron chi connectivity index (χ2n) is 10.2. The molecule has 0 aliphatic carbocycles. The number of carboxylic acid groups (broad SMARTS) is 1. The van der Waals surface area contributed by atoms with Crippen LogP contribution in [0.25, 0.3) is 0 Å². The van der Waals surface area contributed by atoms with Crippen molar-refractivity contribution in [1.82, 2.24) is 5.32 Å². The van der Waals surface area contributed by atoms with Gasteiger partial charge in [0, 0.05) is 12.5 Å². The van der Waals surface area contributed by atoms with E-state index in [0.29, 0.717) is 19.3 Å². The molecule has 2 N–H and O–H groups in total. The summed E-state index contributed by atoms with van der Waals surface area (Å²) in [4.78, 5) is 49.5. The Hall–Kier alpha value is -3.54. The third-order valence-electron chi connectivity index (χ3n) is 5.37. The van der Waals surface area contributed by atoms with E-state index in [1.807, 2.05) is 20.8 Å². The average molecular weight is 570 g/mol. The summed E-state index contributed by atoms with van der Waals surface area (Å²) in [6.45, 7) is 12.6. The van der Waals surface area contributed by atoms with Gasteiger partial charge >= 0.3 is 24.4 Å². The molecular formula is C28H43NO11. The van der Waals surface area contributed by atoms with E-state index in [-0.39, 0.29) is 36.3 Å². The maximum absolute atomic E-state index is 12.6. The number of benzene rings is 1. The number of carbonyl (C=O) groups is 4. The number of carbonyl (C=O) groups excluding carboxylic acids is 3. The molecule has 0 heterocycles. The van der Waals surface area contributed by atoms with Gasteiger partial charge in [-0.3, -0.25) is 5.32 Å². The SMILES string of the molecule is CCCCOC(=O)Oc1ccc(C[C@](NC(C)CC)(OC(=O)OC(C)(C)C)C(=O)O)cc1OC(=O)OCCCC. The van der Waals surface area contributed by atoms with Crippen LogP contribution in [0.3, 0.4) is 0 Å². The zero-order valence-electron chi connectivity index (χ0n) is 24.5. The predicted octanol–water partition coefficient (Wildman–Crippen LogP) is 5.98. The number of carboxylic acids is 1. The van der Waals surface area contributed by atoms with Crippen molar-refractivity contribution in [2.75, 3.05) is 13.2 Å². The molecule has 12 nitrogen and oxygen atoms in total. The van der Waals surface area contributed by atoms with E-state index in [1.54, 1.807) is 27.7 Å². The normalized spacial score (nSPS) is 13.4. The molecule has 226 valence electrons. The van der Waals surface area contributed by atoms with Gasteiger partial charge in [0.25, 0.3) is 5.72 Å². The first kappa shape index (κ1) is 34.5. The van der Waals surface area contributed by atoms with Crippen molar-refractivity contribution in [1.29, 1.82) is 0 Å². The summed E-state index contributed by atoms with van der Waals surface area (Å²) < 4.78 is 31.2. The van der Waals surface area contributed by atoms with Gasteiger partial charge in [0.05, 0.1) is 13.2 Å². The van der Waals surface area contributed by atoms with Crippen molar-refractivity contribution in [2.24, 2.45) is 0 Å². The maximum atomic E-state index is 12.6. The first-order valence-electron chi connectivity index (χ1n) is 13.5. The molecule has 12 heteroatoms. The first-order valence-corrected chi connectivity index (χ1v) is 13.5. The lowest BCUT2D eigenvalue weighted by molar-refractivity contribution is -0.169. The zero-order valence-corrected chi connectivity index (χ0v) is 24.5. The zero-order chi connectivity index (χ0) is 30.3. The van der Waals surface area contributed by atoms with Gasteiger partial charge in [-0.1, -0.05) is 39.7 Å². The van der Waals surface area contributed by atoms with E-state index < -0.39 is 42.2 Å². The number of hydrogen-bond donors (Lipinski definition) is 2. The standard InChI is InChI=1S/C28H43NO11/c1-8-11-15-35-24(32)37-21-14-13-20(17-22(21)38-25(33)36-16-12-9-2)18-28(23(30)31,29-19(4)10-3)40-26(34)39-27(5,6)7/h13-14,17,19,29H,8-12,15-16,18H2,1-7H3,(H,30,31)/t19?,28-/m0/s1. The van der Waals surface area contributed by atoms with Gasteiger partial charge in [0.1, 0.15) is 5.60 Å². The van der Waals surface area contributed by atoms with Crippen LogP contribution in [0.5, 0.6) is 11.5 Å². The highest BCUT2D eigenvalue weighted by molar-refractivity contribution is 5.80. The lowest BCUT2D eigenvalue weighted by Crippen LogP contribution is -2.60. The summed E-state index contributed by atoms with van der Waals surface area (Å²) in [7, 11) is 0. The highest BCUT2D eigenvalue weighted by Gasteiger charge is 2.45. The molecule has 0 saturated carbocycles. The van der Waals surface area contributed by atoms with Crippen molar-refractivity contribution < 1.29 is 52.7 Å². The number of rotatable bonds is 15. The fourth-order valence-corrected chi connectivity index (χ4v) is 3.16. The fraction of sp³-hybridized carbons (Fsp3) is 0.643. The summed E-state index contributed by atoms with van der Waals surface area (Å²) in [5.41, 5.74) is -2.90. The molecule has 0 fully saturated rings. The summed E-state index contributed by atoms with van der Waals surface area (Å²) in [5, 5.41) is 13.1. The molecule has 0 amide bonds. The minimum atomic E-state index is -2.24. The number of ether oxygens (including phenoxy) is 6. The molecule has 1 unspecified atom stereocenters. The van der Waals surface area contributed by atoms with Gasteiger partial charge in [-0.05, 0) is 64.7 Å².